The van der Waals surface area contributed by atoms with Gasteiger partial charge in [0.25, 0.3) is 0 Å². The minimum absolute atomic E-state index is 0.328. The molecule has 0 saturated carbocycles. The summed E-state index contributed by atoms with van der Waals surface area (Å²) < 4.78 is 32.4. The van der Waals surface area contributed by atoms with Gasteiger partial charge >= 0.3 is 23.9 Å². The van der Waals surface area contributed by atoms with Crippen molar-refractivity contribution < 1.29 is 47.6 Å². The summed E-state index contributed by atoms with van der Waals surface area (Å²) in [6.45, 7) is 10.4. The molecule has 0 N–H and O–H groups in total. The molecule has 4 aromatic carbocycles. The van der Waals surface area contributed by atoms with Crippen molar-refractivity contribution in [3.8, 4) is 23.0 Å². The zero-order chi connectivity index (χ0) is 42.8. The highest BCUT2D eigenvalue weighted by atomic mass is 32.2. The fraction of sp³-hybridized carbons (Fsp3) is 0.333. The number of carbonyl (C=O) groups is 4. The van der Waals surface area contributed by atoms with Gasteiger partial charge in [-0.2, -0.15) is 0 Å². The van der Waals surface area contributed by atoms with Crippen LogP contribution in [0.1, 0.15) is 84.1 Å². The first-order chi connectivity index (χ1) is 29.2. The molecular formula is C48H54O10S2. The van der Waals surface area contributed by atoms with Crippen molar-refractivity contribution in [3.05, 3.63) is 133 Å². The number of thioether (sulfide) groups is 2. The van der Waals surface area contributed by atoms with E-state index < -0.39 is 23.9 Å². The van der Waals surface area contributed by atoms with E-state index in [1.54, 1.807) is 72.4 Å². The number of hydrogen-bond acceptors (Lipinski definition) is 12. The molecule has 0 aliphatic heterocycles. The molecule has 0 aliphatic carbocycles. The van der Waals surface area contributed by atoms with Gasteiger partial charge in [-0.25, -0.2) is 19.2 Å². The van der Waals surface area contributed by atoms with Crippen LogP contribution in [0.25, 0.3) is 0 Å². The van der Waals surface area contributed by atoms with Crippen molar-refractivity contribution in [2.24, 2.45) is 0 Å². The predicted molar refractivity (Wildman–Crippen MR) is 237 cm³/mol. The van der Waals surface area contributed by atoms with Gasteiger partial charge in [0.2, 0.25) is 0 Å². The Morgan fingerprint density at radius 2 is 0.933 bits per heavy atom. The fourth-order valence-corrected chi connectivity index (χ4v) is 7.46. The molecule has 0 spiro atoms. The molecule has 318 valence electrons. The number of unbranched alkanes of at least 4 members (excludes halogenated alkanes) is 6. The van der Waals surface area contributed by atoms with Gasteiger partial charge in [0.15, 0.2) is 0 Å². The van der Waals surface area contributed by atoms with E-state index in [9.17, 15) is 19.2 Å². The van der Waals surface area contributed by atoms with Crippen LogP contribution >= 0.6 is 23.5 Å². The highest BCUT2D eigenvalue weighted by Gasteiger charge is 2.12. The molecule has 12 heteroatoms. The lowest BCUT2D eigenvalue weighted by Gasteiger charge is -2.10. The van der Waals surface area contributed by atoms with Gasteiger partial charge in [-0.3, -0.25) is 0 Å². The van der Waals surface area contributed by atoms with E-state index in [0.29, 0.717) is 73.4 Å². The van der Waals surface area contributed by atoms with Crippen LogP contribution in [0.4, 0.5) is 0 Å². The largest absolute Gasteiger partial charge is 0.494 e. The molecule has 0 atom stereocenters. The normalized spacial score (nSPS) is 10.6. The van der Waals surface area contributed by atoms with E-state index in [-0.39, 0.29) is 0 Å². The lowest BCUT2D eigenvalue weighted by molar-refractivity contribution is -0.138. The van der Waals surface area contributed by atoms with Gasteiger partial charge in [0, 0.05) is 21.9 Å². The highest BCUT2D eigenvalue weighted by Crippen LogP contribution is 2.27. The van der Waals surface area contributed by atoms with Crippen LogP contribution in [0.2, 0.25) is 0 Å². The van der Waals surface area contributed by atoms with Crippen LogP contribution in [0.5, 0.6) is 23.0 Å². The van der Waals surface area contributed by atoms with Crippen molar-refractivity contribution in [1.29, 1.82) is 0 Å². The maximum atomic E-state index is 12.8. The van der Waals surface area contributed by atoms with Crippen LogP contribution in [-0.2, 0) is 19.1 Å². The average molecular weight is 855 g/mol. The smallest absolute Gasteiger partial charge is 0.343 e. The summed E-state index contributed by atoms with van der Waals surface area (Å²) in [5.41, 5.74) is 2.04. The minimum Gasteiger partial charge on any atom is -0.494 e. The Kier molecular flexibility index (Phi) is 21.5. The molecule has 60 heavy (non-hydrogen) atoms. The molecule has 10 nitrogen and oxygen atoms in total. The van der Waals surface area contributed by atoms with Crippen molar-refractivity contribution in [3.63, 3.8) is 0 Å². The fourth-order valence-electron chi connectivity index (χ4n) is 5.52. The lowest BCUT2D eigenvalue weighted by atomic mass is 10.1. The molecule has 0 radical (unpaired) electrons. The topological polar surface area (TPSA) is 124 Å². The second-order valence-corrected chi connectivity index (χ2v) is 15.9. The van der Waals surface area contributed by atoms with Gasteiger partial charge in [-0.1, -0.05) is 32.4 Å². The quantitative estimate of drug-likeness (QED) is 0.0178. The zero-order valence-electron chi connectivity index (χ0n) is 34.2. The average Bonchev–Trinajstić information content (AvgIpc) is 3.26. The summed E-state index contributed by atoms with van der Waals surface area (Å²) in [5.74, 6) is 2.57. The summed E-state index contributed by atoms with van der Waals surface area (Å²) in [7, 11) is 0. The number of rotatable bonds is 28. The number of aryl methyl sites for hydroxylation is 1. The van der Waals surface area contributed by atoms with E-state index >= 15 is 0 Å². The standard InChI is InChI=1S/C48H54O10S2/c1-4-45(49)55-31-11-9-29-53-39-18-22-41(23-19-39)57-47(51)37-15-26-43(27-16-37)59-33-13-7-6-8-14-34-60-44-28-17-38(35-36(44)3)48(52)58-42-24-20-40(21-25-42)54-30-10-12-32-56-46(50)5-2/h4-5,15-28,35H,1-2,6-14,29-34H2,3H3. The molecular weight excluding hydrogens is 801 g/mol. The maximum absolute atomic E-state index is 12.8. The first kappa shape index (κ1) is 47.2. The Balaban J connectivity index is 1.02. The second kappa shape index (κ2) is 27.3. The van der Waals surface area contributed by atoms with E-state index in [0.717, 1.165) is 64.7 Å². The first-order valence-electron chi connectivity index (χ1n) is 20.2. The van der Waals surface area contributed by atoms with E-state index in [4.69, 9.17) is 28.4 Å². The molecule has 0 fully saturated rings. The molecule has 0 amide bonds. The molecule has 4 aromatic rings. The molecule has 0 bridgehead atoms. The Morgan fingerprint density at radius 3 is 1.43 bits per heavy atom. The summed E-state index contributed by atoms with van der Waals surface area (Å²) >= 11 is 3.60. The number of hydrogen-bond donors (Lipinski definition) is 0. The lowest BCUT2D eigenvalue weighted by Crippen LogP contribution is -2.09. The summed E-state index contributed by atoms with van der Waals surface area (Å²) in [4.78, 5) is 49.9. The van der Waals surface area contributed by atoms with E-state index in [1.165, 1.54) is 19.3 Å². The molecule has 0 saturated heterocycles. The number of benzene rings is 4. The zero-order valence-corrected chi connectivity index (χ0v) is 35.9. The van der Waals surface area contributed by atoms with Crippen molar-refractivity contribution >= 4 is 47.4 Å². The molecule has 0 aromatic heterocycles. The second-order valence-electron chi connectivity index (χ2n) is 13.5. The van der Waals surface area contributed by atoms with Crippen LogP contribution < -0.4 is 18.9 Å². The Bertz CT molecular complexity index is 1960. The van der Waals surface area contributed by atoms with E-state index in [2.05, 4.69) is 13.2 Å². The van der Waals surface area contributed by atoms with E-state index in [1.807, 2.05) is 49.0 Å². The SMILES string of the molecule is C=CC(=O)OCCCCOc1ccc(OC(=O)c2ccc(SCCCCCCCSc3ccc(C(=O)Oc4ccc(OCCCCOC(=O)C=C)cc4)cc3C)cc2)cc1. The third-order valence-electron chi connectivity index (χ3n) is 8.82. The van der Waals surface area contributed by atoms with Crippen LogP contribution in [0, 0.1) is 6.92 Å². The first-order valence-corrected chi connectivity index (χ1v) is 22.2. The predicted octanol–water partition coefficient (Wildman–Crippen LogP) is 11.0. The monoisotopic (exact) mass is 854 g/mol. The van der Waals surface area contributed by atoms with Crippen LogP contribution in [-0.4, -0.2) is 61.8 Å². The summed E-state index contributed by atoms with van der Waals surface area (Å²) in [6.07, 6.45) is 10.9. The van der Waals surface area contributed by atoms with Gasteiger partial charge in [-0.15, -0.1) is 23.5 Å². The molecule has 0 unspecified atom stereocenters. The van der Waals surface area contributed by atoms with Crippen LogP contribution in [0.3, 0.4) is 0 Å². The third-order valence-corrected chi connectivity index (χ3v) is 11.2. The third kappa shape index (κ3) is 18.2. The number of carbonyl (C=O) groups excluding carboxylic acids is 4. The van der Waals surface area contributed by atoms with Gasteiger partial charge < -0.3 is 28.4 Å². The maximum Gasteiger partial charge on any atom is 0.343 e. The Hall–Kier alpha value is -5.46. The van der Waals surface area contributed by atoms with Gasteiger partial charge in [0.05, 0.1) is 37.6 Å². The summed E-state index contributed by atoms with van der Waals surface area (Å²) in [5, 5.41) is 0. The van der Waals surface area contributed by atoms with Crippen LogP contribution in [0.15, 0.2) is 126 Å². The Labute approximate surface area is 362 Å². The summed E-state index contributed by atoms with van der Waals surface area (Å²) in [6, 6.07) is 27.0. The number of esters is 4. The van der Waals surface area contributed by atoms with Crippen molar-refractivity contribution in [2.75, 3.05) is 37.9 Å². The van der Waals surface area contributed by atoms with Crippen molar-refractivity contribution in [1.82, 2.24) is 0 Å². The number of ether oxygens (including phenoxy) is 6. The highest BCUT2D eigenvalue weighted by molar-refractivity contribution is 7.99. The molecule has 0 heterocycles. The molecule has 4 rings (SSSR count). The van der Waals surface area contributed by atoms with Gasteiger partial charge in [-0.05, 0) is 154 Å². The Morgan fingerprint density at radius 1 is 0.500 bits per heavy atom. The minimum atomic E-state index is -0.428. The van der Waals surface area contributed by atoms with Gasteiger partial charge in [0.1, 0.15) is 23.0 Å². The molecule has 0 aliphatic rings. The van der Waals surface area contributed by atoms with Crippen molar-refractivity contribution in [2.45, 2.75) is 74.5 Å².